The molecule has 0 bridgehead atoms. The summed E-state index contributed by atoms with van der Waals surface area (Å²) in [6.07, 6.45) is 1.66. The summed E-state index contributed by atoms with van der Waals surface area (Å²) in [6.45, 7) is 2.28. The summed E-state index contributed by atoms with van der Waals surface area (Å²) in [5.74, 6) is -0.930. The number of hydrogen-bond donors (Lipinski definition) is 0. The van der Waals surface area contributed by atoms with Gasteiger partial charge in [0.2, 0.25) is 0 Å². The molecule has 0 saturated heterocycles. The average molecular weight is 358 g/mol. The van der Waals surface area contributed by atoms with Crippen molar-refractivity contribution in [1.82, 2.24) is 9.55 Å². The lowest BCUT2D eigenvalue weighted by Gasteiger charge is -2.08. The van der Waals surface area contributed by atoms with E-state index < -0.39 is 5.97 Å². The van der Waals surface area contributed by atoms with Crippen molar-refractivity contribution in [1.29, 1.82) is 5.26 Å². The van der Waals surface area contributed by atoms with Crippen LogP contribution in [0.3, 0.4) is 0 Å². The van der Waals surface area contributed by atoms with Crippen LogP contribution >= 0.6 is 11.6 Å². The van der Waals surface area contributed by atoms with Gasteiger partial charge in [-0.05, 0) is 30.7 Å². The summed E-state index contributed by atoms with van der Waals surface area (Å²) < 4.78 is 19.7. The van der Waals surface area contributed by atoms with E-state index in [2.05, 4.69) is 4.98 Å². The molecule has 0 aliphatic rings. The molecule has 0 unspecified atom stereocenters. The normalized spacial score (nSPS) is 10.6. The predicted molar refractivity (Wildman–Crippen MR) is 90.9 cm³/mol. The van der Waals surface area contributed by atoms with Crippen LogP contribution in [0.2, 0.25) is 5.02 Å². The minimum atomic E-state index is -0.608. The second kappa shape index (κ2) is 6.91. The maximum atomic E-state index is 13.1. The van der Waals surface area contributed by atoms with Crippen LogP contribution in [0, 0.1) is 17.1 Å². The number of rotatable bonds is 4. The third kappa shape index (κ3) is 3.32. The van der Waals surface area contributed by atoms with Crippen molar-refractivity contribution < 1.29 is 13.9 Å². The van der Waals surface area contributed by atoms with E-state index >= 15 is 0 Å². The van der Waals surface area contributed by atoms with Crippen molar-refractivity contribution in [3.63, 3.8) is 0 Å². The molecule has 2 heterocycles. The second-order valence-electron chi connectivity index (χ2n) is 5.32. The number of benzene rings is 1. The third-order valence-corrected chi connectivity index (χ3v) is 3.96. The fourth-order valence-electron chi connectivity index (χ4n) is 2.58. The van der Waals surface area contributed by atoms with Crippen molar-refractivity contribution in [3.05, 3.63) is 64.3 Å². The van der Waals surface area contributed by atoms with E-state index in [4.69, 9.17) is 16.3 Å². The van der Waals surface area contributed by atoms with Crippen LogP contribution in [0.15, 0.2) is 36.5 Å². The Labute approximate surface area is 148 Å². The smallest absolute Gasteiger partial charge is 0.356 e. The molecule has 0 radical (unpaired) electrons. The molecule has 0 saturated carbocycles. The first kappa shape index (κ1) is 16.9. The summed E-state index contributed by atoms with van der Waals surface area (Å²) in [4.78, 5) is 16.0. The number of carbonyl (C=O) groups is 1. The largest absolute Gasteiger partial charge is 0.461 e. The maximum Gasteiger partial charge on any atom is 0.356 e. The summed E-state index contributed by atoms with van der Waals surface area (Å²) in [5.41, 5.74) is 1.47. The van der Waals surface area contributed by atoms with Gasteiger partial charge in [-0.2, -0.15) is 5.26 Å². The fraction of sp³-hybridized carbons (Fsp3) is 0.167. The summed E-state index contributed by atoms with van der Waals surface area (Å²) in [5, 5.41) is 10.4. The van der Waals surface area contributed by atoms with Gasteiger partial charge in [0.05, 0.1) is 17.1 Å². The molecule has 0 aliphatic carbocycles. The Hall–Kier alpha value is -2.91. The van der Waals surface area contributed by atoms with Gasteiger partial charge in [-0.1, -0.05) is 23.7 Å². The van der Waals surface area contributed by atoms with E-state index in [0.717, 1.165) is 5.56 Å². The lowest BCUT2D eigenvalue weighted by Crippen LogP contribution is -2.09. The number of esters is 1. The first-order valence-electron chi connectivity index (χ1n) is 7.54. The molecular formula is C18H13ClFN3O2. The van der Waals surface area contributed by atoms with Crippen molar-refractivity contribution in [3.8, 4) is 6.07 Å². The standard InChI is InChI=1S/C18H13ClFN3O2/c1-2-25-18(24)15-7-13-14(19)10-23(17(13)16(8-21)22-15)9-11-3-5-12(20)6-4-11/h3-7,10H,2,9H2,1H3. The Morgan fingerprint density at radius 3 is 2.76 bits per heavy atom. The number of nitrogens with zero attached hydrogens (tertiary/aromatic N) is 3. The van der Waals surface area contributed by atoms with E-state index in [9.17, 15) is 14.4 Å². The van der Waals surface area contributed by atoms with E-state index in [-0.39, 0.29) is 23.8 Å². The molecule has 0 fully saturated rings. The molecule has 5 nitrogen and oxygen atoms in total. The first-order valence-corrected chi connectivity index (χ1v) is 7.92. The van der Waals surface area contributed by atoms with Crippen molar-refractivity contribution >= 4 is 28.5 Å². The molecule has 25 heavy (non-hydrogen) atoms. The molecule has 0 amide bonds. The number of pyridine rings is 1. The van der Waals surface area contributed by atoms with Gasteiger partial charge in [0, 0.05) is 18.1 Å². The van der Waals surface area contributed by atoms with Gasteiger partial charge >= 0.3 is 5.97 Å². The molecule has 7 heteroatoms. The van der Waals surface area contributed by atoms with E-state index in [0.29, 0.717) is 22.5 Å². The van der Waals surface area contributed by atoms with Gasteiger partial charge in [0.1, 0.15) is 11.9 Å². The quantitative estimate of drug-likeness (QED) is 0.663. The van der Waals surface area contributed by atoms with Crippen molar-refractivity contribution in [2.45, 2.75) is 13.5 Å². The number of halogens is 2. The second-order valence-corrected chi connectivity index (χ2v) is 5.72. The molecular weight excluding hydrogens is 345 g/mol. The number of fused-ring (bicyclic) bond motifs is 1. The Balaban J connectivity index is 2.11. The van der Waals surface area contributed by atoms with Gasteiger partial charge in [-0.3, -0.25) is 0 Å². The Morgan fingerprint density at radius 1 is 1.40 bits per heavy atom. The van der Waals surface area contributed by atoms with Crippen LogP contribution in [-0.2, 0) is 11.3 Å². The molecule has 0 spiro atoms. The Kier molecular flexibility index (Phi) is 4.68. The monoisotopic (exact) mass is 357 g/mol. The highest BCUT2D eigenvalue weighted by atomic mass is 35.5. The first-order chi connectivity index (χ1) is 12.0. The maximum absolute atomic E-state index is 13.1. The molecule has 0 atom stereocenters. The molecule has 3 rings (SSSR count). The van der Waals surface area contributed by atoms with E-state index in [1.165, 1.54) is 18.2 Å². The lowest BCUT2D eigenvalue weighted by atomic mass is 10.2. The van der Waals surface area contributed by atoms with Gasteiger partial charge in [0.25, 0.3) is 0 Å². The lowest BCUT2D eigenvalue weighted by molar-refractivity contribution is 0.0519. The van der Waals surface area contributed by atoms with Crippen molar-refractivity contribution in [2.75, 3.05) is 6.61 Å². The van der Waals surface area contributed by atoms with Crippen LogP contribution < -0.4 is 0 Å². The minimum Gasteiger partial charge on any atom is -0.461 e. The average Bonchev–Trinajstić information content (AvgIpc) is 2.92. The highest BCUT2D eigenvalue weighted by Crippen LogP contribution is 2.29. The molecule has 3 aromatic rings. The van der Waals surface area contributed by atoms with Crippen LogP contribution in [0.25, 0.3) is 10.9 Å². The molecule has 126 valence electrons. The molecule has 1 aromatic carbocycles. The van der Waals surface area contributed by atoms with E-state index in [1.54, 1.807) is 29.8 Å². The zero-order valence-electron chi connectivity index (χ0n) is 13.3. The SMILES string of the molecule is CCOC(=O)c1cc2c(Cl)cn(Cc3ccc(F)cc3)c2c(C#N)n1. The zero-order chi connectivity index (χ0) is 18.0. The summed E-state index contributed by atoms with van der Waals surface area (Å²) >= 11 is 6.28. The predicted octanol–water partition coefficient (Wildman–Crippen LogP) is 3.93. The number of hydrogen-bond acceptors (Lipinski definition) is 4. The fourth-order valence-corrected chi connectivity index (χ4v) is 2.84. The van der Waals surface area contributed by atoms with Gasteiger partial charge in [0.15, 0.2) is 11.4 Å². The minimum absolute atomic E-state index is 0.0346. The van der Waals surface area contributed by atoms with Crippen LogP contribution in [-0.4, -0.2) is 22.1 Å². The number of aromatic nitrogens is 2. The third-order valence-electron chi connectivity index (χ3n) is 3.66. The topological polar surface area (TPSA) is 67.9 Å². The van der Waals surface area contributed by atoms with Gasteiger partial charge < -0.3 is 9.30 Å². The van der Waals surface area contributed by atoms with Gasteiger partial charge in [-0.25, -0.2) is 14.2 Å². The molecule has 0 N–H and O–H groups in total. The Bertz CT molecular complexity index is 990. The van der Waals surface area contributed by atoms with Crippen molar-refractivity contribution in [2.24, 2.45) is 0 Å². The highest BCUT2D eigenvalue weighted by Gasteiger charge is 2.18. The van der Waals surface area contributed by atoms with Gasteiger partial charge in [-0.15, -0.1) is 0 Å². The number of ether oxygens (including phenoxy) is 1. The number of carbonyl (C=O) groups excluding carboxylic acids is 1. The Morgan fingerprint density at radius 2 is 2.12 bits per heavy atom. The van der Waals surface area contributed by atoms with E-state index in [1.807, 2.05) is 6.07 Å². The van der Waals surface area contributed by atoms with Crippen LogP contribution in [0.1, 0.15) is 28.7 Å². The number of nitriles is 1. The summed E-state index contributed by atoms with van der Waals surface area (Å²) in [7, 11) is 0. The van der Waals surface area contributed by atoms with Crippen LogP contribution in [0.5, 0.6) is 0 Å². The zero-order valence-corrected chi connectivity index (χ0v) is 14.0. The molecule has 0 aliphatic heterocycles. The highest BCUT2D eigenvalue weighted by molar-refractivity contribution is 6.35. The summed E-state index contributed by atoms with van der Waals surface area (Å²) in [6, 6.07) is 9.55. The van der Waals surface area contributed by atoms with Crippen LogP contribution in [0.4, 0.5) is 4.39 Å². The molecule has 2 aromatic heterocycles.